The molecule has 1 aromatic heterocycles. The molecule has 0 saturated carbocycles. The molecule has 0 saturated heterocycles. The summed E-state index contributed by atoms with van der Waals surface area (Å²) in [4.78, 5) is 7.62. The third kappa shape index (κ3) is 4.94. The van der Waals surface area contributed by atoms with Gasteiger partial charge in [-0.05, 0) is 6.07 Å². The second-order valence-electron chi connectivity index (χ2n) is 2.71. The Morgan fingerprint density at radius 3 is 2.73 bits per heavy atom. The molecule has 0 aliphatic rings. The summed E-state index contributed by atoms with van der Waals surface area (Å²) in [5.41, 5.74) is 0.553. The van der Waals surface area contributed by atoms with Crippen molar-refractivity contribution >= 4 is 11.6 Å². The summed E-state index contributed by atoms with van der Waals surface area (Å²) in [6.45, 7) is -1.58. The number of alkyl halides is 4. The average molecular weight is 241 g/mol. The Balaban J connectivity index is 2.44. The van der Waals surface area contributed by atoms with Crippen LogP contribution >= 0.6 is 11.6 Å². The van der Waals surface area contributed by atoms with E-state index in [0.717, 1.165) is 0 Å². The lowest BCUT2D eigenvalue weighted by molar-refractivity contribution is -0.177. The van der Waals surface area contributed by atoms with Gasteiger partial charge in [-0.25, -0.2) is 9.97 Å². The predicted molar refractivity (Wildman–Crippen MR) is 47.3 cm³/mol. The monoisotopic (exact) mass is 240 g/mol. The van der Waals surface area contributed by atoms with E-state index in [1.165, 1.54) is 6.20 Å². The largest absolute Gasteiger partial charge is 0.411 e. The van der Waals surface area contributed by atoms with Crippen LogP contribution in [0.1, 0.15) is 11.5 Å². The molecule has 0 aliphatic carbocycles. The maximum absolute atomic E-state index is 11.7. The van der Waals surface area contributed by atoms with Crippen LogP contribution in [0.4, 0.5) is 13.2 Å². The van der Waals surface area contributed by atoms with E-state index >= 15 is 0 Å². The number of halogens is 4. The summed E-state index contributed by atoms with van der Waals surface area (Å²) < 4.78 is 39.5. The van der Waals surface area contributed by atoms with Crippen LogP contribution in [0.5, 0.6) is 0 Å². The first-order valence-corrected chi connectivity index (χ1v) is 4.56. The lowest BCUT2D eigenvalue weighted by Crippen LogP contribution is -2.17. The van der Waals surface area contributed by atoms with Gasteiger partial charge in [-0.1, -0.05) is 0 Å². The standard InChI is InChI=1S/C8H8ClF3N2O/c9-3-6-1-2-13-7(14-6)4-15-5-8(10,11)12/h1-2H,3-5H2. The van der Waals surface area contributed by atoms with E-state index in [1.807, 2.05) is 0 Å². The van der Waals surface area contributed by atoms with Crippen LogP contribution in [0.3, 0.4) is 0 Å². The molecule has 1 rings (SSSR count). The molecule has 0 unspecified atom stereocenters. The van der Waals surface area contributed by atoms with Crippen molar-refractivity contribution in [2.24, 2.45) is 0 Å². The minimum atomic E-state index is -4.33. The Morgan fingerprint density at radius 2 is 2.13 bits per heavy atom. The Hall–Kier alpha value is -0.880. The van der Waals surface area contributed by atoms with Crippen LogP contribution in [0.15, 0.2) is 12.3 Å². The van der Waals surface area contributed by atoms with E-state index < -0.39 is 12.8 Å². The third-order valence-electron chi connectivity index (χ3n) is 1.40. The Labute approximate surface area is 89.2 Å². The van der Waals surface area contributed by atoms with E-state index in [-0.39, 0.29) is 18.3 Å². The first-order chi connectivity index (χ1) is 7.01. The average Bonchev–Trinajstić information content (AvgIpc) is 2.16. The van der Waals surface area contributed by atoms with E-state index in [2.05, 4.69) is 14.7 Å². The molecule has 0 aromatic carbocycles. The zero-order valence-corrected chi connectivity index (χ0v) is 8.35. The lowest BCUT2D eigenvalue weighted by Gasteiger charge is -2.06. The van der Waals surface area contributed by atoms with Crippen molar-refractivity contribution in [1.82, 2.24) is 9.97 Å². The van der Waals surface area contributed by atoms with Gasteiger partial charge in [0.2, 0.25) is 0 Å². The molecule has 84 valence electrons. The van der Waals surface area contributed by atoms with Crippen LogP contribution < -0.4 is 0 Å². The van der Waals surface area contributed by atoms with Gasteiger partial charge in [0.15, 0.2) is 5.82 Å². The second kappa shape index (κ2) is 5.27. The number of aromatic nitrogens is 2. The number of rotatable bonds is 4. The molecule has 0 aliphatic heterocycles. The molecule has 7 heteroatoms. The second-order valence-corrected chi connectivity index (χ2v) is 2.97. The van der Waals surface area contributed by atoms with Gasteiger partial charge in [0.25, 0.3) is 0 Å². The SMILES string of the molecule is FC(F)(F)COCc1nccc(CCl)n1. The van der Waals surface area contributed by atoms with Crippen LogP contribution in [0.25, 0.3) is 0 Å². The molecule has 0 amide bonds. The summed E-state index contributed by atoms with van der Waals surface area (Å²) in [5, 5.41) is 0. The van der Waals surface area contributed by atoms with Gasteiger partial charge in [0.05, 0.1) is 11.6 Å². The van der Waals surface area contributed by atoms with E-state index in [4.69, 9.17) is 11.6 Å². The van der Waals surface area contributed by atoms with E-state index in [0.29, 0.717) is 5.69 Å². The lowest BCUT2D eigenvalue weighted by atomic mass is 10.4. The smallest absolute Gasteiger partial charge is 0.364 e. The Bertz CT molecular complexity index is 319. The van der Waals surface area contributed by atoms with Gasteiger partial charge in [0, 0.05) is 6.20 Å². The van der Waals surface area contributed by atoms with E-state index in [1.54, 1.807) is 6.07 Å². The maximum Gasteiger partial charge on any atom is 0.411 e. The fourth-order valence-electron chi connectivity index (χ4n) is 0.843. The molecule has 0 spiro atoms. The molecular weight excluding hydrogens is 233 g/mol. The highest BCUT2D eigenvalue weighted by molar-refractivity contribution is 6.16. The summed E-state index contributed by atoms with van der Waals surface area (Å²) >= 11 is 5.49. The normalized spacial score (nSPS) is 11.7. The zero-order valence-electron chi connectivity index (χ0n) is 7.59. The van der Waals surface area contributed by atoms with Gasteiger partial charge >= 0.3 is 6.18 Å². The first-order valence-electron chi connectivity index (χ1n) is 4.02. The molecular formula is C8H8ClF3N2O. The topological polar surface area (TPSA) is 35.0 Å². The van der Waals surface area contributed by atoms with Gasteiger partial charge in [-0.3, -0.25) is 0 Å². The van der Waals surface area contributed by atoms with Gasteiger partial charge in [-0.15, -0.1) is 11.6 Å². The highest BCUT2D eigenvalue weighted by Gasteiger charge is 2.27. The predicted octanol–water partition coefficient (Wildman–Crippen LogP) is 2.29. The summed E-state index contributed by atoms with van der Waals surface area (Å²) in [6, 6.07) is 1.58. The van der Waals surface area contributed by atoms with Crippen LogP contribution in [-0.2, 0) is 17.2 Å². The number of hydrogen-bond acceptors (Lipinski definition) is 3. The molecule has 3 nitrogen and oxygen atoms in total. The highest BCUT2D eigenvalue weighted by Crippen LogP contribution is 2.15. The van der Waals surface area contributed by atoms with E-state index in [9.17, 15) is 13.2 Å². The number of ether oxygens (including phenoxy) is 1. The highest BCUT2D eigenvalue weighted by atomic mass is 35.5. The first kappa shape index (κ1) is 12.2. The van der Waals surface area contributed by atoms with Crippen LogP contribution in [0, 0.1) is 0 Å². The minimum Gasteiger partial charge on any atom is -0.364 e. The Kier molecular flexibility index (Phi) is 4.28. The summed E-state index contributed by atoms with van der Waals surface area (Å²) in [7, 11) is 0. The van der Waals surface area contributed by atoms with Crippen molar-refractivity contribution in [2.75, 3.05) is 6.61 Å². The zero-order chi connectivity index (χ0) is 11.3. The molecule has 0 bridgehead atoms. The Morgan fingerprint density at radius 1 is 1.40 bits per heavy atom. The number of nitrogens with zero attached hydrogens (tertiary/aromatic N) is 2. The molecule has 0 fully saturated rings. The van der Waals surface area contributed by atoms with Crippen molar-refractivity contribution in [3.05, 3.63) is 23.8 Å². The van der Waals surface area contributed by atoms with Gasteiger partial charge in [0.1, 0.15) is 13.2 Å². The molecule has 1 heterocycles. The van der Waals surface area contributed by atoms with Crippen molar-refractivity contribution in [3.8, 4) is 0 Å². The van der Waals surface area contributed by atoms with Crippen molar-refractivity contribution in [3.63, 3.8) is 0 Å². The van der Waals surface area contributed by atoms with Gasteiger partial charge in [-0.2, -0.15) is 13.2 Å². The molecule has 0 radical (unpaired) electrons. The van der Waals surface area contributed by atoms with Crippen molar-refractivity contribution in [2.45, 2.75) is 18.7 Å². The summed E-state index contributed by atoms with van der Waals surface area (Å²) in [5.74, 6) is 0.381. The molecule has 1 aromatic rings. The summed E-state index contributed by atoms with van der Waals surface area (Å²) in [6.07, 6.45) is -2.90. The van der Waals surface area contributed by atoms with Crippen LogP contribution in [-0.4, -0.2) is 22.8 Å². The van der Waals surface area contributed by atoms with Gasteiger partial charge < -0.3 is 4.74 Å². The quantitative estimate of drug-likeness (QED) is 0.758. The number of hydrogen-bond donors (Lipinski definition) is 0. The maximum atomic E-state index is 11.7. The fourth-order valence-corrected chi connectivity index (χ4v) is 0.992. The third-order valence-corrected chi connectivity index (χ3v) is 1.67. The van der Waals surface area contributed by atoms with Crippen molar-refractivity contribution in [1.29, 1.82) is 0 Å². The minimum absolute atomic E-state index is 0.189. The fraction of sp³-hybridized carbons (Fsp3) is 0.500. The molecule has 15 heavy (non-hydrogen) atoms. The molecule has 0 atom stereocenters. The molecule has 0 N–H and O–H groups in total. The van der Waals surface area contributed by atoms with Crippen LogP contribution in [0.2, 0.25) is 0 Å². The van der Waals surface area contributed by atoms with Crippen molar-refractivity contribution < 1.29 is 17.9 Å².